The third kappa shape index (κ3) is 2.44. The van der Waals surface area contributed by atoms with Crippen molar-refractivity contribution in [2.45, 2.75) is 13.8 Å². The summed E-state index contributed by atoms with van der Waals surface area (Å²) in [5, 5.41) is 0.968. The van der Waals surface area contributed by atoms with Crippen molar-refractivity contribution < 1.29 is 9.00 Å². The third-order valence-electron chi connectivity index (χ3n) is 1.76. The zero-order valence-electron chi connectivity index (χ0n) is 7.91. The third-order valence-corrected chi connectivity index (χ3v) is 3.50. The number of hydrogen-bond donors (Lipinski definition) is 1. The summed E-state index contributed by atoms with van der Waals surface area (Å²) >= 11 is 0. The number of carbonyl (C=O) groups excluding carboxylic acids is 1. The fraction of sp³-hybridized carbons (Fsp3) is 0.625. The molecule has 0 saturated heterocycles. The first-order valence-corrected chi connectivity index (χ1v) is 6.22. The SMILES string of the molecule is C=C[SH](C)(=O)C(=O)N(CC)CC. The van der Waals surface area contributed by atoms with E-state index in [4.69, 9.17) is 0 Å². The zero-order chi connectivity index (χ0) is 9.78. The van der Waals surface area contributed by atoms with E-state index in [9.17, 15) is 9.00 Å². The van der Waals surface area contributed by atoms with E-state index in [0.717, 1.165) is 0 Å². The largest absolute Gasteiger partial charge is 0.333 e. The summed E-state index contributed by atoms with van der Waals surface area (Å²) in [5.74, 6) is 0. The first-order chi connectivity index (χ1) is 5.49. The van der Waals surface area contributed by atoms with E-state index < -0.39 is 9.93 Å². The normalized spacial score (nSPS) is 12.2. The molecule has 1 amide bonds. The Balaban J connectivity index is 4.57. The van der Waals surface area contributed by atoms with Crippen LogP contribution in [0.15, 0.2) is 12.0 Å². The van der Waals surface area contributed by atoms with E-state index >= 15 is 0 Å². The molecule has 72 valence electrons. The van der Waals surface area contributed by atoms with Crippen molar-refractivity contribution in [3.63, 3.8) is 0 Å². The molecule has 0 heterocycles. The van der Waals surface area contributed by atoms with Crippen LogP contribution in [0.4, 0.5) is 4.79 Å². The lowest BCUT2D eigenvalue weighted by molar-refractivity contribution is 0.227. The molecule has 0 aromatic heterocycles. The van der Waals surface area contributed by atoms with Crippen LogP contribution in [0.5, 0.6) is 0 Å². The van der Waals surface area contributed by atoms with Gasteiger partial charge in [0.2, 0.25) is 0 Å². The van der Waals surface area contributed by atoms with Crippen LogP contribution >= 0.6 is 0 Å². The average molecular weight is 191 g/mol. The highest BCUT2D eigenvalue weighted by atomic mass is 32.2. The van der Waals surface area contributed by atoms with Gasteiger partial charge in [0, 0.05) is 19.3 Å². The number of hydrogen-bond acceptors (Lipinski definition) is 2. The Morgan fingerprint density at radius 2 is 1.92 bits per heavy atom. The molecule has 0 saturated carbocycles. The molecular weight excluding hydrogens is 174 g/mol. The Morgan fingerprint density at radius 3 is 2.17 bits per heavy atom. The number of thiol groups is 1. The maximum atomic E-state index is 11.5. The molecule has 0 aromatic rings. The zero-order valence-corrected chi connectivity index (χ0v) is 8.80. The van der Waals surface area contributed by atoms with Gasteiger partial charge < -0.3 is 4.90 Å². The van der Waals surface area contributed by atoms with Crippen LogP contribution in [0.1, 0.15) is 13.8 Å². The van der Waals surface area contributed by atoms with Crippen molar-refractivity contribution in [2.24, 2.45) is 0 Å². The lowest BCUT2D eigenvalue weighted by Crippen LogP contribution is -2.36. The van der Waals surface area contributed by atoms with Crippen LogP contribution in [0.3, 0.4) is 0 Å². The molecule has 0 unspecified atom stereocenters. The van der Waals surface area contributed by atoms with E-state index in [1.165, 1.54) is 11.7 Å². The Hall–Kier alpha value is -0.640. The first-order valence-electron chi connectivity index (χ1n) is 3.99. The molecule has 0 N–H and O–H groups in total. The minimum absolute atomic E-state index is 0.289. The standard InChI is InChI=1S/C8H17NO2S/c1-5-9(6-2)8(10)12(4,11)7-3/h7,12H,3,5-6H2,1-2,4H3. The Kier molecular flexibility index (Phi) is 4.17. The van der Waals surface area contributed by atoms with E-state index in [-0.39, 0.29) is 5.24 Å². The second kappa shape index (κ2) is 4.40. The van der Waals surface area contributed by atoms with E-state index in [1.54, 1.807) is 4.90 Å². The van der Waals surface area contributed by atoms with Gasteiger partial charge in [-0.25, -0.2) is 0 Å². The predicted octanol–water partition coefficient (Wildman–Crippen LogP) is 1.24. The van der Waals surface area contributed by atoms with Crippen molar-refractivity contribution in [3.8, 4) is 0 Å². The van der Waals surface area contributed by atoms with Gasteiger partial charge in [0.15, 0.2) is 0 Å². The maximum absolute atomic E-state index is 11.5. The molecule has 0 radical (unpaired) electrons. The van der Waals surface area contributed by atoms with Crippen molar-refractivity contribution in [3.05, 3.63) is 12.0 Å². The molecule has 0 aliphatic carbocycles. The van der Waals surface area contributed by atoms with Crippen LogP contribution in [-0.4, -0.2) is 33.7 Å². The summed E-state index contributed by atoms with van der Waals surface area (Å²) in [6, 6.07) is 0. The molecule has 0 spiro atoms. The molecule has 0 aliphatic heterocycles. The Bertz CT molecular complexity index is 221. The smallest absolute Gasteiger partial charge is 0.291 e. The van der Waals surface area contributed by atoms with E-state index in [1.807, 2.05) is 13.8 Å². The molecule has 0 atom stereocenters. The Morgan fingerprint density at radius 1 is 1.50 bits per heavy atom. The molecule has 0 bridgehead atoms. The number of carbonyl (C=O) groups is 1. The second-order valence-corrected chi connectivity index (χ2v) is 5.36. The van der Waals surface area contributed by atoms with Gasteiger partial charge in [0.25, 0.3) is 5.24 Å². The predicted molar refractivity (Wildman–Crippen MR) is 54.0 cm³/mol. The molecule has 0 aromatic carbocycles. The molecule has 0 aliphatic rings. The molecular formula is C8H17NO2S. The summed E-state index contributed by atoms with van der Waals surface area (Å²) in [6.45, 7) is 8.32. The topological polar surface area (TPSA) is 37.4 Å². The summed E-state index contributed by atoms with van der Waals surface area (Å²) < 4.78 is 11.5. The highest BCUT2D eigenvalue weighted by Gasteiger charge is 2.19. The number of nitrogens with zero attached hydrogens (tertiary/aromatic N) is 1. The maximum Gasteiger partial charge on any atom is 0.291 e. The van der Waals surface area contributed by atoms with Gasteiger partial charge in [0.05, 0.1) is 0 Å². The van der Waals surface area contributed by atoms with Gasteiger partial charge in [0.1, 0.15) is 0 Å². The van der Waals surface area contributed by atoms with Crippen LogP contribution < -0.4 is 0 Å². The van der Waals surface area contributed by atoms with Gasteiger partial charge in [-0.05, 0) is 29.2 Å². The fourth-order valence-electron chi connectivity index (χ4n) is 0.853. The summed E-state index contributed by atoms with van der Waals surface area (Å²) in [6.07, 6.45) is 1.45. The molecule has 3 nitrogen and oxygen atoms in total. The van der Waals surface area contributed by atoms with Gasteiger partial charge in [-0.2, -0.15) is 0 Å². The molecule has 0 fully saturated rings. The van der Waals surface area contributed by atoms with Crippen LogP contribution in [0.2, 0.25) is 0 Å². The number of rotatable bonds is 3. The summed E-state index contributed by atoms with van der Waals surface area (Å²) in [4.78, 5) is 13.0. The minimum atomic E-state index is -2.80. The molecule has 0 rings (SSSR count). The van der Waals surface area contributed by atoms with Crippen molar-refractivity contribution in [2.75, 3.05) is 19.3 Å². The molecule has 12 heavy (non-hydrogen) atoms. The van der Waals surface area contributed by atoms with Gasteiger partial charge in [-0.15, -0.1) is 0 Å². The highest BCUT2D eigenvalue weighted by Crippen LogP contribution is 2.07. The lowest BCUT2D eigenvalue weighted by atomic mass is 10.6. The number of amides is 1. The summed E-state index contributed by atoms with van der Waals surface area (Å²) in [7, 11) is -2.80. The van der Waals surface area contributed by atoms with E-state index in [2.05, 4.69) is 6.58 Å². The van der Waals surface area contributed by atoms with Crippen LogP contribution in [0, 0.1) is 0 Å². The summed E-state index contributed by atoms with van der Waals surface area (Å²) in [5.41, 5.74) is 0. The second-order valence-electron chi connectivity index (χ2n) is 2.63. The van der Waals surface area contributed by atoms with Crippen molar-refractivity contribution >= 4 is 15.2 Å². The van der Waals surface area contributed by atoms with Crippen molar-refractivity contribution in [1.29, 1.82) is 0 Å². The monoisotopic (exact) mass is 191 g/mol. The highest BCUT2D eigenvalue weighted by molar-refractivity contribution is 8.18. The molecule has 4 heteroatoms. The quantitative estimate of drug-likeness (QED) is 0.681. The minimum Gasteiger partial charge on any atom is -0.333 e. The van der Waals surface area contributed by atoms with Crippen LogP contribution in [-0.2, 0) is 9.93 Å². The van der Waals surface area contributed by atoms with Gasteiger partial charge in [-0.3, -0.25) is 9.00 Å². The van der Waals surface area contributed by atoms with Crippen molar-refractivity contribution in [1.82, 2.24) is 4.90 Å². The first kappa shape index (κ1) is 11.4. The average Bonchev–Trinajstić information content (AvgIpc) is 2.06. The lowest BCUT2D eigenvalue weighted by Gasteiger charge is -2.23. The Labute approximate surface area is 74.9 Å². The fourth-order valence-corrected chi connectivity index (χ4v) is 1.85. The van der Waals surface area contributed by atoms with Crippen LogP contribution in [0.25, 0.3) is 0 Å². The van der Waals surface area contributed by atoms with E-state index in [0.29, 0.717) is 13.1 Å². The van der Waals surface area contributed by atoms with Gasteiger partial charge in [-0.1, -0.05) is 6.58 Å². The van der Waals surface area contributed by atoms with Gasteiger partial charge >= 0.3 is 0 Å².